The Morgan fingerprint density at radius 3 is 2.37 bits per heavy atom. The van der Waals surface area contributed by atoms with Crippen LogP contribution < -0.4 is 5.32 Å². The molecule has 0 aliphatic carbocycles. The average molecular weight is 296 g/mol. The van der Waals surface area contributed by atoms with Crippen LogP contribution in [0.1, 0.15) is 29.3 Å². The van der Waals surface area contributed by atoms with Gasteiger partial charge in [0.25, 0.3) is 0 Å². The smallest absolute Gasteiger partial charge is 0.417 e. The Kier molecular flexibility index (Phi) is 4.41. The van der Waals surface area contributed by atoms with Crippen LogP contribution in [0.5, 0.6) is 0 Å². The number of carboxylic acid groups (broad SMARTS) is 1. The highest BCUT2D eigenvalue weighted by Gasteiger charge is 2.35. The van der Waals surface area contributed by atoms with E-state index in [0.717, 1.165) is 6.07 Å². The third-order valence-electron chi connectivity index (χ3n) is 2.24. The molecule has 0 aliphatic rings. The zero-order chi connectivity index (χ0) is 14.8. The second-order valence-electron chi connectivity index (χ2n) is 3.58. The van der Waals surface area contributed by atoms with E-state index in [1.54, 1.807) is 0 Å². The fraction of sp³-hybridized carbons (Fsp3) is 0.273. The first kappa shape index (κ1) is 15.3. The van der Waals surface area contributed by atoms with Crippen LogP contribution in [0.2, 0.25) is 5.02 Å². The topological polar surface area (TPSA) is 66.4 Å². The van der Waals surface area contributed by atoms with Crippen molar-refractivity contribution < 1.29 is 27.9 Å². The number of alkyl halides is 3. The molecule has 0 heterocycles. The molecule has 0 spiro atoms. The van der Waals surface area contributed by atoms with E-state index in [0.29, 0.717) is 6.07 Å². The summed E-state index contributed by atoms with van der Waals surface area (Å²) in [6.45, 7) is 1.52. The van der Waals surface area contributed by atoms with Gasteiger partial charge in [0.05, 0.1) is 21.8 Å². The van der Waals surface area contributed by atoms with Gasteiger partial charge in [-0.25, -0.2) is 4.79 Å². The number of amides is 1. The SMILES string of the molecule is CCC(=O)Nc1cc(Cl)c(C(F)(F)F)cc1C(=O)O. The van der Waals surface area contributed by atoms with Gasteiger partial charge in [-0.15, -0.1) is 0 Å². The van der Waals surface area contributed by atoms with Crippen molar-refractivity contribution in [3.05, 3.63) is 28.3 Å². The predicted octanol–water partition coefficient (Wildman–Crippen LogP) is 3.41. The van der Waals surface area contributed by atoms with Crippen molar-refractivity contribution in [3.8, 4) is 0 Å². The third-order valence-corrected chi connectivity index (χ3v) is 2.55. The van der Waals surface area contributed by atoms with Crippen molar-refractivity contribution in [1.29, 1.82) is 0 Å². The molecule has 1 aromatic rings. The van der Waals surface area contributed by atoms with E-state index in [4.69, 9.17) is 16.7 Å². The molecule has 0 aromatic heterocycles. The van der Waals surface area contributed by atoms with Crippen molar-refractivity contribution >= 4 is 29.2 Å². The first-order valence-electron chi connectivity index (χ1n) is 5.10. The quantitative estimate of drug-likeness (QED) is 0.898. The number of aromatic carboxylic acids is 1. The van der Waals surface area contributed by atoms with Gasteiger partial charge in [-0.05, 0) is 12.1 Å². The van der Waals surface area contributed by atoms with Gasteiger partial charge in [0.1, 0.15) is 0 Å². The molecule has 1 rings (SSSR count). The van der Waals surface area contributed by atoms with Gasteiger partial charge in [0, 0.05) is 6.42 Å². The van der Waals surface area contributed by atoms with Gasteiger partial charge in [0.2, 0.25) is 5.91 Å². The summed E-state index contributed by atoms with van der Waals surface area (Å²) in [5.74, 6) is -2.12. The predicted molar refractivity (Wildman–Crippen MR) is 62.3 cm³/mol. The minimum atomic E-state index is -4.77. The molecule has 0 atom stereocenters. The molecule has 2 N–H and O–H groups in total. The largest absolute Gasteiger partial charge is 0.478 e. The van der Waals surface area contributed by atoms with Crippen LogP contribution in [-0.4, -0.2) is 17.0 Å². The second kappa shape index (κ2) is 5.48. The minimum absolute atomic E-state index is 0.0533. The fourth-order valence-electron chi connectivity index (χ4n) is 1.31. The Bertz CT molecular complexity index is 529. The zero-order valence-corrected chi connectivity index (χ0v) is 10.4. The third kappa shape index (κ3) is 3.60. The number of carbonyl (C=O) groups is 2. The number of anilines is 1. The lowest BCUT2D eigenvalue weighted by Gasteiger charge is -2.13. The number of carboxylic acids is 1. The number of hydrogen-bond donors (Lipinski definition) is 2. The first-order chi connectivity index (χ1) is 8.66. The maximum absolute atomic E-state index is 12.6. The molecular weight excluding hydrogens is 287 g/mol. The van der Waals surface area contributed by atoms with Crippen LogP contribution in [-0.2, 0) is 11.0 Å². The Balaban J connectivity index is 3.38. The summed E-state index contributed by atoms with van der Waals surface area (Å²) < 4.78 is 37.8. The van der Waals surface area contributed by atoms with Crippen LogP contribution in [0, 0.1) is 0 Å². The molecular formula is C11H9ClF3NO3. The molecule has 0 saturated carbocycles. The molecule has 0 saturated heterocycles. The Morgan fingerprint density at radius 2 is 1.95 bits per heavy atom. The fourth-order valence-corrected chi connectivity index (χ4v) is 1.58. The highest BCUT2D eigenvalue weighted by Crippen LogP contribution is 2.37. The van der Waals surface area contributed by atoms with E-state index in [1.165, 1.54) is 6.92 Å². The minimum Gasteiger partial charge on any atom is -0.478 e. The lowest BCUT2D eigenvalue weighted by atomic mass is 10.1. The summed E-state index contributed by atoms with van der Waals surface area (Å²) in [6, 6.07) is 1.18. The van der Waals surface area contributed by atoms with Crippen LogP contribution in [0.15, 0.2) is 12.1 Å². The van der Waals surface area contributed by atoms with Crippen molar-refractivity contribution in [2.24, 2.45) is 0 Å². The lowest BCUT2D eigenvalue weighted by Crippen LogP contribution is -2.15. The summed E-state index contributed by atoms with van der Waals surface area (Å²) >= 11 is 5.45. The van der Waals surface area contributed by atoms with Gasteiger partial charge in [-0.3, -0.25) is 4.79 Å². The zero-order valence-electron chi connectivity index (χ0n) is 9.64. The van der Waals surface area contributed by atoms with E-state index in [-0.39, 0.29) is 12.1 Å². The number of rotatable bonds is 3. The van der Waals surface area contributed by atoms with E-state index in [9.17, 15) is 22.8 Å². The summed E-state index contributed by atoms with van der Waals surface area (Å²) in [5.41, 5.74) is -2.20. The van der Waals surface area contributed by atoms with E-state index in [1.807, 2.05) is 0 Å². The van der Waals surface area contributed by atoms with Crippen LogP contribution >= 0.6 is 11.6 Å². The molecule has 1 aromatic carbocycles. The molecule has 4 nitrogen and oxygen atoms in total. The Morgan fingerprint density at radius 1 is 1.37 bits per heavy atom. The molecule has 0 fully saturated rings. The molecule has 0 unspecified atom stereocenters. The molecule has 8 heteroatoms. The van der Waals surface area contributed by atoms with E-state index >= 15 is 0 Å². The van der Waals surface area contributed by atoms with Crippen LogP contribution in [0.4, 0.5) is 18.9 Å². The molecule has 104 valence electrons. The number of carbonyl (C=O) groups excluding carboxylic acids is 1. The lowest BCUT2D eigenvalue weighted by molar-refractivity contribution is -0.137. The van der Waals surface area contributed by atoms with Crippen molar-refractivity contribution in [1.82, 2.24) is 0 Å². The van der Waals surface area contributed by atoms with Gasteiger partial charge in [-0.1, -0.05) is 18.5 Å². The van der Waals surface area contributed by atoms with Gasteiger partial charge in [0.15, 0.2) is 0 Å². The second-order valence-corrected chi connectivity index (χ2v) is 3.99. The van der Waals surface area contributed by atoms with Gasteiger partial charge in [-0.2, -0.15) is 13.2 Å². The van der Waals surface area contributed by atoms with Crippen molar-refractivity contribution in [3.63, 3.8) is 0 Å². The highest BCUT2D eigenvalue weighted by molar-refractivity contribution is 6.32. The summed E-state index contributed by atoms with van der Waals surface area (Å²) in [5, 5.41) is 10.4. The maximum Gasteiger partial charge on any atom is 0.417 e. The molecule has 0 aliphatic heterocycles. The number of halogens is 4. The first-order valence-corrected chi connectivity index (χ1v) is 5.48. The monoisotopic (exact) mass is 295 g/mol. The molecule has 19 heavy (non-hydrogen) atoms. The number of hydrogen-bond acceptors (Lipinski definition) is 2. The summed E-state index contributed by atoms with van der Waals surface area (Å²) in [4.78, 5) is 22.1. The normalized spacial score (nSPS) is 11.2. The highest BCUT2D eigenvalue weighted by atomic mass is 35.5. The number of nitrogens with one attached hydrogen (secondary N) is 1. The van der Waals surface area contributed by atoms with E-state index in [2.05, 4.69) is 5.32 Å². The van der Waals surface area contributed by atoms with Gasteiger partial charge < -0.3 is 10.4 Å². The van der Waals surface area contributed by atoms with Crippen LogP contribution in [0.3, 0.4) is 0 Å². The Hall–Kier alpha value is -1.76. The number of benzene rings is 1. The Labute approximate surface area is 111 Å². The maximum atomic E-state index is 12.6. The van der Waals surface area contributed by atoms with Crippen molar-refractivity contribution in [2.75, 3.05) is 5.32 Å². The molecule has 0 radical (unpaired) electrons. The average Bonchev–Trinajstić information content (AvgIpc) is 2.26. The van der Waals surface area contributed by atoms with Crippen molar-refractivity contribution in [2.45, 2.75) is 19.5 Å². The summed E-state index contributed by atoms with van der Waals surface area (Å²) in [6.07, 6.45) is -4.72. The molecule has 0 bridgehead atoms. The summed E-state index contributed by atoms with van der Waals surface area (Å²) in [7, 11) is 0. The van der Waals surface area contributed by atoms with Crippen LogP contribution in [0.25, 0.3) is 0 Å². The van der Waals surface area contributed by atoms with E-state index < -0.39 is 34.2 Å². The van der Waals surface area contributed by atoms with Gasteiger partial charge >= 0.3 is 12.1 Å². The standard InChI is InChI=1S/C11H9ClF3NO3/c1-2-9(17)16-8-4-7(12)6(11(13,14)15)3-5(8)10(18)19/h3-4H,2H2,1H3,(H,16,17)(H,18,19). The molecule has 1 amide bonds.